The van der Waals surface area contributed by atoms with Crippen LogP contribution in [0.5, 0.6) is 0 Å². The molecular formula is C15H18N2O3. The number of carboxylic acid groups (broad SMARTS) is 1. The van der Waals surface area contributed by atoms with Crippen molar-refractivity contribution in [2.75, 3.05) is 11.1 Å². The van der Waals surface area contributed by atoms with Crippen molar-refractivity contribution in [2.45, 2.75) is 25.7 Å². The summed E-state index contributed by atoms with van der Waals surface area (Å²) in [5.41, 5.74) is 6.49. The SMILES string of the molecule is Nc1ccc(C(=O)O)c(NC(=O)C2C3CCCCC32)c1. The van der Waals surface area contributed by atoms with E-state index in [0.29, 0.717) is 23.2 Å². The summed E-state index contributed by atoms with van der Waals surface area (Å²) in [5, 5.41) is 11.9. The van der Waals surface area contributed by atoms with Crippen molar-refractivity contribution in [1.82, 2.24) is 0 Å². The van der Waals surface area contributed by atoms with E-state index in [1.165, 1.54) is 31.0 Å². The molecule has 5 heteroatoms. The molecule has 2 aliphatic carbocycles. The number of amides is 1. The Hall–Kier alpha value is -2.04. The molecule has 1 aromatic carbocycles. The van der Waals surface area contributed by atoms with Crippen LogP contribution in [0.2, 0.25) is 0 Å². The maximum absolute atomic E-state index is 12.3. The van der Waals surface area contributed by atoms with Crippen molar-refractivity contribution in [1.29, 1.82) is 0 Å². The molecule has 1 aromatic rings. The lowest BCUT2D eigenvalue weighted by Gasteiger charge is -2.09. The Labute approximate surface area is 117 Å². The fraction of sp³-hybridized carbons (Fsp3) is 0.467. The summed E-state index contributed by atoms with van der Waals surface area (Å²) in [6.45, 7) is 0. The first-order chi connectivity index (χ1) is 9.58. The molecule has 0 radical (unpaired) electrons. The quantitative estimate of drug-likeness (QED) is 0.738. The van der Waals surface area contributed by atoms with Gasteiger partial charge in [0.15, 0.2) is 0 Å². The molecule has 2 fully saturated rings. The summed E-state index contributed by atoms with van der Waals surface area (Å²) in [7, 11) is 0. The van der Waals surface area contributed by atoms with Gasteiger partial charge in [-0.25, -0.2) is 4.79 Å². The molecule has 4 N–H and O–H groups in total. The van der Waals surface area contributed by atoms with Crippen LogP contribution in [-0.2, 0) is 4.79 Å². The lowest BCUT2D eigenvalue weighted by atomic mass is 10.0. The molecule has 2 aliphatic rings. The number of fused-ring (bicyclic) bond motifs is 1. The molecule has 0 saturated heterocycles. The topological polar surface area (TPSA) is 92.4 Å². The van der Waals surface area contributed by atoms with E-state index >= 15 is 0 Å². The van der Waals surface area contributed by atoms with E-state index < -0.39 is 5.97 Å². The first kappa shape index (κ1) is 13.0. The van der Waals surface area contributed by atoms with Crippen LogP contribution in [0.4, 0.5) is 11.4 Å². The standard InChI is InChI=1S/C15H18N2O3/c16-8-5-6-11(15(19)20)12(7-8)17-14(18)13-9-3-1-2-4-10(9)13/h5-7,9-10,13H,1-4,16H2,(H,17,18)(H,19,20). The average molecular weight is 274 g/mol. The number of hydrogen-bond donors (Lipinski definition) is 3. The Balaban J connectivity index is 1.76. The number of nitrogens with two attached hydrogens (primary N) is 1. The van der Waals surface area contributed by atoms with E-state index in [-0.39, 0.29) is 17.4 Å². The predicted molar refractivity (Wildman–Crippen MR) is 75.4 cm³/mol. The van der Waals surface area contributed by atoms with Crippen LogP contribution in [0, 0.1) is 17.8 Å². The molecule has 3 rings (SSSR count). The van der Waals surface area contributed by atoms with Crippen LogP contribution in [-0.4, -0.2) is 17.0 Å². The molecule has 2 atom stereocenters. The molecule has 1 amide bonds. The molecular weight excluding hydrogens is 256 g/mol. The van der Waals surface area contributed by atoms with Crippen molar-refractivity contribution >= 4 is 23.3 Å². The molecule has 0 aliphatic heterocycles. The summed E-state index contributed by atoms with van der Waals surface area (Å²) >= 11 is 0. The van der Waals surface area contributed by atoms with Gasteiger partial charge in [-0.15, -0.1) is 0 Å². The zero-order chi connectivity index (χ0) is 14.3. The second-order valence-corrected chi connectivity index (χ2v) is 5.74. The number of rotatable bonds is 3. The fourth-order valence-corrected chi connectivity index (χ4v) is 3.45. The van der Waals surface area contributed by atoms with Gasteiger partial charge in [-0.1, -0.05) is 12.8 Å². The lowest BCUT2D eigenvalue weighted by molar-refractivity contribution is -0.117. The number of benzene rings is 1. The van der Waals surface area contributed by atoms with Gasteiger partial charge in [-0.3, -0.25) is 4.79 Å². The molecule has 0 aromatic heterocycles. The Morgan fingerprint density at radius 1 is 1.20 bits per heavy atom. The van der Waals surface area contributed by atoms with Crippen molar-refractivity contribution in [3.63, 3.8) is 0 Å². The minimum absolute atomic E-state index is 0.0561. The molecule has 2 unspecified atom stereocenters. The fourth-order valence-electron chi connectivity index (χ4n) is 3.45. The lowest BCUT2D eigenvalue weighted by Crippen LogP contribution is -2.18. The minimum Gasteiger partial charge on any atom is -0.478 e. The van der Waals surface area contributed by atoms with Crippen LogP contribution < -0.4 is 11.1 Å². The minimum atomic E-state index is -1.06. The first-order valence-electron chi connectivity index (χ1n) is 7.01. The van der Waals surface area contributed by atoms with Gasteiger partial charge in [0, 0.05) is 11.6 Å². The van der Waals surface area contributed by atoms with Crippen molar-refractivity contribution in [2.24, 2.45) is 17.8 Å². The molecule has 0 heterocycles. The highest BCUT2D eigenvalue weighted by atomic mass is 16.4. The average Bonchev–Trinajstić information content (AvgIpc) is 3.12. The van der Waals surface area contributed by atoms with Crippen LogP contribution in [0.3, 0.4) is 0 Å². The Morgan fingerprint density at radius 2 is 1.85 bits per heavy atom. The number of carboxylic acids is 1. The highest BCUT2D eigenvalue weighted by Gasteiger charge is 2.54. The van der Waals surface area contributed by atoms with Crippen LogP contribution in [0.25, 0.3) is 0 Å². The molecule has 106 valence electrons. The largest absolute Gasteiger partial charge is 0.478 e. The zero-order valence-electron chi connectivity index (χ0n) is 11.1. The third-order valence-electron chi connectivity index (χ3n) is 4.49. The van der Waals surface area contributed by atoms with E-state index in [9.17, 15) is 9.59 Å². The van der Waals surface area contributed by atoms with Crippen molar-refractivity contribution in [3.05, 3.63) is 23.8 Å². The molecule has 0 bridgehead atoms. The van der Waals surface area contributed by atoms with Gasteiger partial charge in [0.05, 0.1) is 11.3 Å². The van der Waals surface area contributed by atoms with Gasteiger partial charge in [0.1, 0.15) is 0 Å². The van der Waals surface area contributed by atoms with E-state index in [1.54, 1.807) is 0 Å². The Morgan fingerprint density at radius 3 is 2.45 bits per heavy atom. The van der Waals surface area contributed by atoms with E-state index in [2.05, 4.69) is 5.32 Å². The van der Waals surface area contributed by atoms with Crippen LogP contribution in [0.1, 0.15) is 36.0 Å². The number of aromatic carboxylic acids is 1. The van der Waals surface area contributed by atoms with Gasteiger partial charge in [0.2, 0.25) is 5.91 Å². The highest BCUT2D eigenvalue weighted by Crippen LogP contribution is 2.55. The maximum Gasteiger partial charge on any atom is 0.337 e. The monoisotopic (exact) mass is 274 g/mol. The van der Waals surface area contributed by atoms with E-state index in [1.807, 2.05) is 0 Å². The molecule has 2 saturated carbocycles. The number of hydrogen-bond acceptors (Lipinski definition) is 3. The third kappa shape index (κ3) is 2.24. The van der Waals surface area contributed by atoms with Crippen molar-refractivity contribution < 1.29 is 14.7 Å². The van der Waals surface area contributed by atoms with Gasteiger partial charge >= 0.3 is 5.97 Å². The Bertz CT molecular complexity index is 558. The predicted octanol–water partition coefficient (Wildman–Crippen LogP) is 2.34. The van der Waals surface area contributed by atoms with Gasteiger partial charge in [0.25, 0.3) is 0 Å². The van der Waals surface area contributed by atoms with Crippen LogP contribution >= 0.6 is 0 Å². The number of nitrogens with one attached hydrogen (secondary N) is 1. The van der Waals surface area contributed by atoms with Crippen molar-refractivity contribution in [3.8, 4) is 0 Å². The summed E-state index contributed by atoms with van der Waals surface area (Å²) in [5.74, 6) is -0.0692. The number of anilines is 2. The number of carbonyl (C=O) groups is 2. The smallest absolute Gasteiger partial charge is 0.337 e. The maximum atomic E-state index is 12.3. The zero-order valence-corrected chi connectivity index (χ0v) is 11.1. The summed E-state index contributed by atoms with van der Waals surface area (Å²) in [6, 6.07) is 4.45. The summed E-state index contributed by atoms with van der Waals surface area (Å²) in [4.78, 5) is 23.4. The second kappa shape index (κ2) is 4.81. The molecule has 5 nitrogen and oxygen atoms in total. The van der Waals surface area contributed by atoms with Gasteiger partial charge in [-0.2, -0.15) is 0 Å². The van der Waals surface area contributed by atoms with E-state index in [4.69, 9.17) is 10.8 Å². The van der Waals surface area contributed by atoms with E-state index in [0.717, 1.165) is 12.8 Å². The first-order valence-corrected chi connectivity index (χ1v) is 7.01. The van der Waals surface area contributed by atoms with Gasteiger partial charge in [-0.05, 0) is 42.9 Å². The molecule has 20 heavy (non-hydrogen) atoms. The summed E-state index contributed by atoms with van der Waals surface area (Å²) < 4.78 is 0. The third-order valence-corrected chi connectivity index (χ3v) is 4.49. The van der Waals surface area contributed by atoms with Gasteiger partial charge < -0.3 is 16.2 Å². The molecule has 0 spiro atoms. The van der Waals surface area contributed by atoms with Crippen LogP contribution in [0.15, 0.2) is 18.2 Å². The number of nitrogen functional groups attached to an aromatic ring is 1. The highest BCUT2D eigenvalue weighted by molar-refractivity contribution is 6.02. The second-order valence-electron chi connectivity index (χ2n) is 5.74. The number of carbonyl (C=O) groups excluding carboxylic acids is 1. The Kier molecular flexibility index (Phi) is 3.12. The summed E-state index contributed by atoms with van der Waals surface area (Å²) in [6.07, 6.45) is 4.63. The normalized spacial score (nSPS) is 27.5.